The van der Waals surface area contributed by atoms with Crippen molar-refractivity contribution in [2.45, 2.75) is 58.7 Å². The highest BCUT2D eigenvalue weighted by Gasteiger charge is 2.27. The van der Waals surface area contributed by atoms with Gasteiger partial charge in [0.25, 0.3) is 0 Å². The average molecular weight is 269 g/mol. The SMILES string of the molecule is CCCNC(CCCOCC(F)(F)F)CC(C)C. The van der Waals surface area contributed by atoms with Crippen molar-refractivity contribution in [1.82, 2.24) is 5.32 Å². The van der Waals surface area contributed by atoms with Crippen molar-refractivity contribution in [3.8, 4) is 0 Å². The molecule has 0 heterocycles. The molecule has 0 aromatic rings. The molecule has 0 aliphatic rings. The lowest BCUT2D eigenvalue weighted by molar-refractivity contribution is -0.174. The maximum Gasteiger partial charge on any atom is 0.411 e. The summed E-state index contributed by atoms with van der Waals surface area (Å²) in [6, 6.07) is 0.388. The van der Waals surface area contributed by atoms with Gasteiger partial charge in [-0.05, 0) is 38.1 Å². The van der Waals surface area contributed by atoms with Gasteiger partial charge in [0.1, 0.15) is 6.61 Å². The number of alkyl halides is 3. The third-order valence-electron chi connectivity index (χ3n) is 2.55. The molecule has 0 saturated heterocycles. The summed E-state index contributed by atoms with van der Waals surface area (Å²) in [5.74, 6) is 0.593. The Morgan fingerprint density at radius 1 is 1.22 bits per heavy atom. The number of hydrogen-bond donors (Lipinski definition) is 1. The molecule has 0 fully saturated rings. The topological polar surface area (TPSA) is 21.3 Å². The van der Waals surface area contributed by atoms with Crippen molar-refractivity contribution < 1.29 is 17.9 Å². The number of ether oxygens (including phenoxy) is 1. The largest absolute Gasteiger partial charge is 0.411 e. The van der Waals surface area contributed by atoms with E-state index in [9.17, 15) is 13.2 Å². The molecule has 0 radical (unpaired) electrons. The molecule has 0 aliphatic heterocycles. The van der Waals surface area contributed by atoms with Crippen LogP contribution in [0.2, 0.25) is 0 Å². The van der Waals surface area contributed by atoms with E-state index in [4.69, 9.17) is 0 Å². The Labute approximate surface area is 108 Å². The molecule has 5 heteroatoms. The van der Waals surface area contributed by atoms with Crippen LogP contribution in [-0.2, 0) is 4.74 Å². The summed E-state index contributed by atoms with van der Waals surface area (Å²) in [6.07, 6.45) is -0.545. The van der Waals surface area contributed by atoms with Crippen LogP contribution in [0.1, 0.15) is 46.5 Å². The van der Waals surface area contributed by atoms with Crippen LogP contribution >= 0.6 is 0 Å². The Kier molecular flexibility index (Phi) is 9.46. The summed E-state index contributed by atoms with van der Waals surface area (Å²) >= 11 is 0. The number of nitrogens with one attached hydrogen (secondary N) is 1. The van der Waals surface area contributed by atoms with Gasteiger partial charge in [0.15, 0.2) is 0 Å². The zero-order chi connectivity index (χ0) is 14.0. The van der Waals surface area contributed by atoms with Crippen LogP contribution in [0.15, 0.2) is 0 Å². The van der Waals surface area contributed by atoms with Gasteiger partial charge in [-0.2, -0.15) is 13.2 Å². The lowest BCUT2D eigenvalue weighted by Crippen LogP contribution is -2.31. The van der Waals surface area contributed by atoms with Gasteiger partial charge in [-0.3, -0.25) is 0 Å². The number of halogens is 3. The summed E-state index contributed by atoms with van der Waals surface area (Å²) < 4.78 is 40.1. The van der Waals surface area contributed by atoms with Crippen LogP contribution in [0.3, 0.4) is 0 Å². The third-order valence-corrected chi connectivity index (χ3v) is 2.55. The van der Waals surface area contributed by atoms with Crippen LogP contribution in [0.25, 0.3) is 0 Å². The van der Waals surface area contributed by atoms with Crippen molar-refractivity contribution in [2.75, 3.05) is 19.8 Å². The first-order valence-electron chi connectivity index (χ1n) is 6.73. The van der Waals surface area contributed by atoms with Gasteiger partial charge < -0.3 is 10.1 Å². The Hall–Kier alpha value is -0.290. The molecular weight excluding hydrogens is 243 g/mol. The zero-order valence-corrected chi connectivity index (χ0v) is 11.6. The van der Waals surface area contributed by atoms with E-state index in [-0.39, 0.29) is 6.61 Å². The molecule has 1 N–H and O–H groups in total. The van der Waals surface area contributed by atoms with Crippen molar-refractivity contribution >= 4 is 0 Å². The second-order valence-corrected chi connectivity index (χ2v) is 5.09. The van der Waals surface area contributed by atoms with Gasteiger partial charge in [-0.15, -0.1) is 0 Å². The molecule has 18 heavy (non-hydrogen) atoms. The van der Waals surface area contributed by atoms with Crippen molar-refractivity contribution in [3.63, 3.8) is 0 Å². The predicted octanol–water partition coefficient (Wildman–Crippen LogP) is 3.76. The highest BCUT2D eigenvalue weighted by Crippen LogP contribution is 2.15. The fourth-order valence-corrected chi connectivity index (χ4v) is 1.84. The van der Waals surface area contributed by atoms with E-state index >= 15 is 0 Å². The lowest BCUT2D eigenvalue weighted by Gasteiger charge is -2.20. The summed E-state index contributed by atoms with van der Waals surface area (Å²) in [4.78, 5) is 0. The summed E-state index contributed by atoms with van der Waals surface area (Å²) in [5, 5.41) is 3.43. The molecule has 0 spiro atoms. The Morgan fingerprint density at radius 2 is 1.89 bits per heavy atom. The third kappa shape index (κ3) is 12.2. The fourth-order valence-electron chi connectivity index (χ4n) is 1.84. The molecular formula is C13H26F3NO. The minimum atomic E-state index is -4.21. The lowest BCUT2D eigenvalue weighted by atomic mass is 10.00. The minimum Gasteiger partial charge on any atom is -0.372 e. The normalized spacial score (nSPS) is 14.2. The van der Waals surface area contributed by atoms with E-state index in [0.717, 1.165) is 25.8 Å². The van der Waals surface area contributed by atoms with Crippen LogP contribution in [0.5, 0.6) is 0 Å². The van der Waals surface area contributed by atoms with E-state index in [1.807, 2.05) is 0 Å². The van der Waals surface area contributed by atoms with E-state index in [2.05, 4.69) is 30.8 Å². The first-order valence-corrected chi connectivity index (χ1v) is 6.73. The molecule has 2 nitrogen and oxygen atoms in total. The van der Waals surface area contributed by atoms with Gasteiger partial charge in [-0.1, -0.05) is 20.8 Å². The first kappa shape index (κ1) is 17.7. The number of rotatable bonds is 10. The van der Waals surface area contributed by atoms with Gasteiger partial charge in [0.05, 0.1) is 0 Å². The first-order chi connectivity index (χ1) is 8.35. The standard InChI is InChI=1S/C13H26F3NO/c1-4-7-17-12(9-11(2)3)6-5-8-18-10-13(14,15)16/h11-12,17H,4-10H2,1-3H3. The van der Waals surface area contributed by atoms with Gasteiger partial charge in [0, 0.05) is 12.6 Å². The molecule has 0 bridgehead atoms. The summed E-state index contributed by atoms with van der Waals surface area (Å²) in [5.41, 5.74) is 0. The highest BCUT2D eigenvalue weighted by molar-refractivity contribution is 4.68. The van der Waals surface area contributed by atoms with Crippen molar-refractivity contribution in [2.24, 2.45) is 5.92 Å². The van der Waals surface area contributed by atoms with E-state index < -0.39 is 12.8 Å². The zero-order valence-electron chi connectivity index (χ0n) is 11.6. The second kappa shape index (κ2) is 9.62. The van der Waals surface area contributed by atoms with E-state index in [1.165, 1.54) is 0 Å². The average Bonchev–Trinajstić information content (AvgIpc) is 2.22. The summed E-state index contributed by atoms with van der Waals surface area (Å²) in [7, 11) is 0. The van der Waals surface area contributed by atoms with Crippen molar-refractivity contribution in [1.29, 1.82) is 0 Å². The van der Waals surface area contributed by atoms with Gasteiger partial charge in [-0.25, -0.2) is 0 Å². The Morgan fingerprint density at radius 3 is 2.39 bits per heavy atom. The van der Waals surface area contributed by atoms with Crippen LogP contribution < -0.4 is 5.32 Å². The molecule has 0 amide bonds. The summed E-state index contributed by atoms with van der Waals surface area (Å²) in [6.45, 7) is 6.42. The molecule has 1 atom stereocenters. The molecule has 0 aromatic carbocycles. The molecule has 1 unspecified atom stereocenters. The van der Waals surface area contributed by atoms with E-state index in [1.54, 1.807) is 0 Å². The van der Waals surface area contributed by atoms with Crippen LogP contribution in [0.4, 0.5) is 13.2 Å². The van der Waals surface area contributed by atoms with Gasteiger partial charge in [0.2, 0.25) is 0 Å². The smallest absolute Gasteiger partial charge is 0.372 e. The second-order valence-electron chi connectivity index (χ2n) is 5.09. The number of hydrogen-bond acceptors (Lipinski definition) is 2. The molecule has 0 rings (SSSR count). The quantitative estimate of drug-likeness (QED) is 0.610. The van der Waals surface area contributed by atoms with Crippen LogP contribution in [0, 0.1) is 5.92 Å². The molecule has 0 aromatic heterocycles. The van der Waals surface area contributed by atoms with Crippen LogP contribution in [-0.4, -0.2) is 32.0 Å². The Balaban J connectivity index is 3.68. The fraction of sp³-hybridized carbons (Fsp3) is 1.00. The maximum atomic E-state index is 11.8. The van der Waals surface area contributed by atoms with E-state index in [0.29, 0.717) is 18.4 Å². The maximum absolute atomic E-state index is 11.8. The molecule has 0 aliphatic carbocycles. The minimum absolute atomic E-state index is 0.182. The van der Waals surface area contributed by atoms with Crippen molar-refractivity contribution in [3.05, 3.63) is 0 Å². The monoisotopic (exact) mass is 269 g/mol. The highest BCUT2D eigenvalue weighted by atomic mass is 19.4. The van der Waals surface area contributed by atoms with Gasteiger partial charge >= 0.3 is 6.18 Å². The Bertz CT molecular complexity index is 195. The predicted molar refractivity (Wildman–Crippen MR) is 67.6 cm³/mol. The molecule has 0 saturated carbocycles. The molecule has 110 valence electrons.